The van der Waals surface area contributed by atoms with E-state index >= 15 is 0 Å². The highest BCUT2D eigenvalue weighted by atomic mass is 35.5. The first-order chi connectivity index (χ1) is 11.5. The van der Waals surface area contributed by atoms with Crippen LogP contribution < -0.4 is 5.32 Å². The molecule has 4 nitrogen and oxygen atoms in total. The van der Waals surface area contributed by atoms with E-state index in [2.05, 4.69) is 5.32 Å². The van der Waals surface area contributed by atoms with Gasteiger partial charge in [0.1, 0.15) is 0 Å². The number of nitrogens with one attached hydrogen (secondary N) is 1. The summed E-state index contributed by atoms with van der Waals surface area (Å²) in [5.74, 6) is 0.349. The van der Waals surface area contributed by atoms with Gasteiger partial charge in [-0.25, -0.2) is 4.79 Å². The minimum Gasteiger partial charge on any atom is -0.386 e. The number of hydrogen-bond donors (Lipinski definition) is 2. The van der Waals surface area contributed by atoms with Crippen LogP contribution in [0.4, 0.5) is 4.79 Å². The summed E-state index contributed by atoms with van der Waals surface area (Å²) in [6.07, 6.45) is -0.719. The van der Waals surface area contributed by atoms with Gasteiger partial charge in [0.25, 0.3) is 0 Å². The van der Waals surface area contributed by atoms with Crippen LogP contribution in [0.1, 0.15) is 30.1 Å². The number of benzene rings is 2. The molecule has 0 bridgehead atoms. The van der Waals surface area contributed by atoms with E-state index < -0.39 is 6.10 Å². The van der Waals surface area contributed by atoms with E-state index in [1.807, 2.05) is 61.5 Å². The van der Waals surface area contributed by atoms with E-state index in [1.165, 1.54) is 5.56 Å². The number of hydrogen-bond acceptors (Lipinski definition) is 2. The van der Waals surface area contributed by atoms with Gasteiger partial charge < -0.3 is 15.3 Å². The maximum atomic E-state index is 12.3. The van der Waals surface area contributed by atoms with Crippen LogP contribution in [0.3, 0.4) is 0 Å². The lowest BCUT2D eigenvalue weighted by Crippen LogP contribution is -2.54. The molecule has 2 N–H and O–H groups in total. The van der Waals surface area contributed by atoms with Crippen molar-refractivity contribution in [2.75, 3.05) is 13.1 Å². The van der Waals surface area contributed by atoms with Crippen LogP contribution in [-0.2, 0) is 0 Å². The lowest BCUT2D eigenvalue weighted by atomic mass is 9.92. The van der Waals surface area contributed by atoms with E-state index in [0.717, 1.165) is 10.6 Å². The molecule has 2 amide bonds. The standard InChI is InChI=1S/C19H21ClN2O2/c1-13(18(23)15-5-3-2-4-6-15)21-19(24)22-11-16(12-22)14-7-9-17(20)10-8-14/h2-10,13,16,18,23H,11-12H2,1H3,(H,21,24)/t13-,18-/m0/s1. The summed E-state index contributed by atoms with van der Waals surface area (Å²) in [7, 11) is 0. The molecule has 1 heterocycles. The van der Waals surface area contributed by atoms with Crippen LogP contribution in [0, 0.1) is 0 Å². The van der Waals surface area contributed by atoms with Gasteiger partial charge in [-0.05, 0) is 30.2 Å². The number of carbonyl (C=O) groups excluding carboxylic acids is 1. The monoisotopic (exact) mass is 344 g/mol. The zero-order valence-corrected chi connectivity index (χ0v) is 14.3. The summed E-state index contributed by atoms with van der Waals surface area (Å²) < 4.78 is 0. The summed E-state index contributed by atoms with van der Waals surface area (Å²) in [6, 6.07) is 16.6. The highest BCUT2D eigenvalue weighted by Crippen LogP contribution is 2.28. The quantitative estimate of drug-likeness (QED) is 0.890. The van der Waals surface area contributed by atoms with Gasteiger partial charge in [-0.1, -0.05) is 54.1 Å². The number of amides is 2. The minimum atomic E-state index is -0.719. The number of nitrogens with zero attached hydrogens (tertiary/aromatic N) is 1. The van der Waals surface area contributed by atoms with Crippen molar-refractivity contribution in [3.05, 3.63) is 70.7 Å². The van der Waals surface area contributed by atoms with E-state index in [0.29, 0.717) is 19.0 Å². The van der Waals surface area contributed by atoms with Crippen molar-refractivity contribution < 1.29 is 9.90 Å². The molecule has 1 saturated heterocycles. The first-order valence-electron chi connectivity index (χ1n) is 8.08. The van der Waals surface area contributed by atoms with E-state index in [4.69, 9.17) is 11.6 Å². The Labute approximate surface area is 147 Å². The van der Waals surface area contributed by atoms with E-state index in [-0.39, 0.29) is 12.1 Å². The van der Waals surface area contributed by atoms with E-state index in [1.54, 1.807) is 4.90 Å². The molecule has 0 saturated carbocycles. The van der Waals surface area contributed by atoms with Gasteiger partial charge in [0.15, 0.2) is 0 Å². The molecule has 0 radical (unpaired) electrons. The SMILES string of the molecule is C[C@H](NC(=O)N1CC(c2ccc(Cl)cc2)C1)[C@H](O)c1ccccc1. The molecule has 1 aliphatic heterocycles. The third-order valence-corrected chi connectivity index (χ3v) is 4.73. The van der Waals surface area contributed by atoms with Gasteiger partial charge in [0, 0.05) is 24.0 Å². The highest BCUT2D eigenvalue weighted by Gasteiger charge is 2.32. The maximum absolute atomic E-state index is 12.3. The van der Waals surface area contributed by atoms with Gasteiger partial charge in [-0.15, -0.1) is 0 Å². The number of rotatable bonds is 4. The largest absolute Gasteiger partial charge is 0.386 e. The fourth-order valence-electron chi connectivity index (χ4n) is 2.89. The predicted molar refractivity (Wildman–Crippen MR) is 95.2 cm³/mol. The minimum absolute atomic E-state index is 0.136. The van der Waals surface area contributed by atoms with Crippen molar-refractivity contribution in [3.8, 4) is 0 Å². The average Bonchev–Trinajstić information content (AvgIpc) is 2.55. The molecular weight excluding hydrogens is 324 g/mol. The average molecular weight is 345 g/mol. The van der Waals surface area contributed by atoms with Gasteiger partial charge in [0.2, 0.25) is 0 Å². The number of urea groups is 1. The van der Waals surface area contributed by atoms with Gasteiger partial charge >= 0.3 is 6.03 Å². The Morgan fingerprint density at radius 2 is 1.79 bits per heavy atom. The normalized spacial score (nSPS) is 17.0. The molecule has 0 spiro atoms. The summed E-state index contributed by atoms with van der Waals surface area (Å²) in [5, 5.41) is 13.9. The smallest absolute Gasteiger partial charge is 0.317 e. The maximum Gasteiger partial charge on any atom is 0.317 e. The summed E-state index contributed by atoms with van der Waals surface area (Å²) >= 11 is 5.90. The topological polar surface area (TPSA) is 52.6 Å². The first-order valence-corrected chi connectivity index (χ1v) is 8.46. The molecule has 126 valence electrons. The lowest BCUT2D eigenvalue weighted by molar-refractivity contribution is 0.116. The molecule has 2 aromatic rings. The molecule has 1 fully saturated rings. The zero-order chi connectivity index (χ0) is 17.1. The zero-order valence-electron chi connectivity index (χ0n) is 13.5. The van der Waals surface area contributed by atoms with Crippen molar-refractivity contribution >= 4 is 17.6 Å². The van der Waals surface area contributed by atoms with Crippen LogP contribution in [-0.4, -0.2) is 35.2 Å². The number of aliphatic hydroxyl groups is 1. The van der Waals surface area contributed by atoms with Gasteiger partial charge in [-0.3, -0.25) is 0 Å². The number of likely N-dealkylation sites (tertiary alicyclic amines) is 1. The number of halogens is 1. The predicted octanol–water partition coefficient (Wildman–Crippen LogP) is 3.57. The fourth-order valence-corrected chi connectivity index (χ4v) is 3.02. The van der Waals surface area contributed by atoms with Crippen molar-refractivity contribution in [3.63, 3.8) is 0 Å². The Balaban J connectivity index is 1.50. The summed E-state index contributed by atoms with van der Waals surface area (Å²) in [4.78, 5) is 14.0. The molecule has 3 rings (SSSR count). The summed E-state index contributed by atoms with van der Waals surface area (Å²) in [6.45, 7) is 3.18. The second-order valence-corrected chi connectivity index (χ2v) is 6.68. The third kappa shape index (κ3) is 3.71. The van der Waals surface area contributed by atoms with Crippen molar-refractivity contribution in [1.29, 1.82) is 0 Å². The molecule has 24 heavy (non-hydrogen) atoms. The Kier molecular flexibility index (Phi) is 5.07. The molecule has 0 aromatic heterocycles. The lowest BCUT2D eigenvalue weighted by Gasteiger charge is -2.40. The van der Waals surface area contributed by atoms with Crippen molar-refractivity contribution in [2.45, 2.75) is 25.0 Å². The third-order valence-electron chi connectivity index (χ3n) is 4.48. The Morgan fingerprint density at radius 3 is 2.42 bits per heavy atom. The molecule has 2 atom stereocenters. The van der Waals surface area contributed by atoms with Crippen LogP contribution >= 0.6 is 11.6 Å². The molecule has 0 aliphatic carbocycles. The Hall–Kier alpha value is -2.04. The molecular formula is C19H21ClN2O2. The second-order valence-electron chi connectivity index (χ2n) is 6.25. The molecule has 1 aliphatic rings. The number of aliphatic hydroxyl groups excluding tert-OH is 1. The number of carbonyl (C=O) groups is 1. The first kappa shape index (κ1) is 16.8. The van der Waals surface area contributed by atoms with Crippen molar-refractivity contribution in [1.82, 2.24) is 10.2 Å². The van der Waals surface area contributed by atoms with Crippen LogP contribution in [0.5, 0.6) is 0 Å². The van der Waals surface area contributed by atoms with Gasteiger partial charge in [0.05, 0.1) is 12.1 Å². The second kappa shape index (κ2) is 7.24. The van der Waals surface area contributed by atoms with Crippen molar-refractivity contribution in [2.24, 2.45) is 0 Å². The van der Waals surface area contributed by atoms with Crippen LogP contribution in [0.15, 0.2) is 54.6 Å². The van der Waals surface area contributed by atoms with Crippen LogP contribution in [0.25, 0.3) is 0 Å². The summed E-state index contributed by atoms with van der Waals surface area (Å²) in [5.41, 5.74) is 1.99. The van der Waals surface area contributed by atoms with E-state index in [9.17, 15) is 9.90 Å². The fraction of sp³-hybridized carbons (Fsp3) is 0.316. The molecule has 0 unspecified atom stereocenters. The molecule has 5 heteroatoms. The highest BCUT2D eigenvalue weighted by molar-refractivity contribution is 6.30. The Bertz CT molecular complexity index is 684. The van der Waals surface area contributed by atoms with Crippen LogP contribution in [0.2, 0.25) is 5.02 Å². The Morgan fingerprint density at radius 1 is 1.17 bits per heavy atom. The van der Waals surface area contributed by atoms with Gasteiger partial charge in [-0.2, -0.15) is 0 Å². The molecule has 2 aromatic carbocycles.